The molecule has 1 heterocycles. The van der Waals surface area contributed by atoms with Gasteiger partial charge < -0.3 is 10.1 Å². The highest BCUT2D eigenvalue weighted by Crippen LogP contribution is 2.21. The molecule has 1 aromatic heterocycles. The third-order valence-corrected chi connectivity index (χ3v) is 2.35. The molecule has 0 unspecified atom stereocenters. The van der Waals surface area contributed by atoms with Crippen LogP contribution in [0, 0.1) is 5.41 Å². The van der Waals surface area contributed by atoms with Crippen LogP contribution in [0.3, 0.4) is 0 Å². The summed E-state index contributed by atoms with van der Waals surface area (Å²) >= 11 is 0. The summed E-state index contributed by atoms with van der Waals surface area (Å²) in [6.45, 7) is 8.20. The van der Waals surface area contributed by atoms with Crippen molar-refractivity contribution in [3.63, 3.8) is 0 Å². The lowest BCUT2D eigenvalue weighted by Gasteiger charge is -2.18. The predicted octanol–water partition coefficient (Wildman–Crippen LogP) is 2.62. The Morgan fingerprint density at radius 3 is 2.75 bits per heavy atom. The van der Waals surface area contributed by atoms with Gasteiger partial charge in [0.1, 0.15) is 5.75 Å². The summed E-state index contributed by atoms with van der Waals surface area (Å²) in [5.74, 6) is 0.890. The van der Waals surface area contributed by atoms with E-state index in [1.54, 1.807) is 12.4 Å². The van der Waals surface area contributed by atoms with E-state index in [4.69, 9.17) is 4.74 Å². The van der Waals surface area contributed by atoms with Gasteiger partial charge in [0.05, 0.1) is 12.8 Å². The van der Waals surface area contributed by atoms with Gasteiger partial charge in [-0.2, -0.15) is 0 Å². The van der Waals surface area contributed by atoms with Crippen LogP contribution in [0.15, 0.2) is 18.5 Å². The van der Waals surface area contributed by atoms with Crippen molar-refractivity contribution >= 4 is 0 Å². The molecule has 0 spiro atoms. The molecule has 90 valence electrons. The Bertz CT molecular complexity index is 318. The number of nitrogens with zero attached hydrogens (tertiary/aromatic N) is 1. The molecule has 0 aliphatic carbocycles. The number of hydrogen-bond acceptors (Lipinski definition) is 3. The fourth-order valence-electron chi connectivity index (χ4n) is 1.34. The monoisotopic (exact) mass is 222 g/mol. The van der Waals surface area contributed by atoms with Crippen molar-refractivity contribution in [3.05, 3.63) is 24.0 Å². The van der Waals surface area contributed by atoms with Gasteiger partial charge in [0.2, 0.25) is 0 Å². The van der Waals surface area contributed by atoms with Crippen LogP contribution < -0.4 is 10.1 Å². The van der Waals surface area contributed by atoms with Gasteiger partial charge in [-0.25, -0.2) is 0 Å². The number of ether oxygens (including phenoxy) is 1. The first kappa shape index (κ1) is 13.0. The number of rotatable bonds is 5. The van der Waals surface area contributed by atoms with E-state index in [1.807, 2.05) is 13.1 Å². The zero-order valence-corrected chi connectivity index (χ0v) is 10.7. The molecule has 0 aliphatic rings. The molecule has 0 bridgehead atoms. The maximum absolute atomic E-state index is 5.76. The van der Waals surface area contributed by atoms with Crippen molar-refractivity contribution in [1.29, 1.82) is 0 Å². The molecule has 0 fully saturated rings. The Balaban J connectivity index is 2.52. The lowest BCUT2D eigenvalue weighted by Crippen LogP contribution is -2.13. The Kier molecular flexibility index (Phi) is 4.74. The van der Waals surface area contributed by atoms with Gasteiger partial charge in [0, 0.05) is 18.3 Å². The first-order valence-corrected chi connectivity index (χ1v) is 5.73. The largest absolute Gasteiger partial charge is 0.492 e. The van der Waals surface area contributed by atoms with Crippen molar-refractivity contribution in [2.45, 2.75) is 33.7 Å². The standard InChI is InChI=1S/C13H22N2O/c1-13(2,3)6-8-16-12-10-15-7-5-11(12)9-14-4/h5,7,10,14H,6,8-9H2,1-4H3. The molecule has 0 saturated carbocycles. The first-order chi connectivity index (χ1) is 7.53. The van der Waals surface area contributed by atoms with Gasteiger partial charge in [-0.3, -0.25) is 4.98 Å². The van der Waals surface area contributed by atoms with E-state index in [2.05, 4.69) is 31.1 Å². The first-order valence-electron chi connectivity index (χ1n) is 5.73. The SMILES string of the molecule is CNCc1ccncc1OCCC(C)(C)C. The fourth-order valence-corrected chi connectivity index (χ4v) is 1.34. The lowest BCUT2D eigenvalue weighted by atomic mass is 9.93. The number of aromatic nitrogens is 1. The van der Waals surface area contributed by atoms with Gasteiger partial charge in [-0.15, -0.1) is 0 Å². The minimum atomic E-state index is 0.311. The molecule has 3 nitrogen and oxygen atoms in total. The Morgan fingerprint density at radius 1 is 1.38 bits per heavy atom. The smallest absolute Gasteiger partial charge is 0.142 e. The van der Waals surface area contributed by atoms with E-state index in [9.17, 15) is 0 Å². The molecule has 16 heavy (non-hydrogen) atoms. The maximum Gasteiger partial charge on any atom is 0.142 e. The summed E-state index contributed by atoms with van der Waals surface area (Å²) in [6.07, 6.45) is 4.62. The highest BCUT2D eigenvalue weighted by atomic mass is 16.5. The highest BCUT2D eigenvalue weighted by Gasteiger charge is 2.10. The van der Waals surface area contributed by atoms with Crippen LogP contribution in [0.4, 0.5) is 0 Å². The summed E-state index contributed by atoms with van der Waals surface area (Å²) < 4.78 is 5.76. The molecule has 0 atom stereocenters. The van der Waals surface area contributed by atoms with Crippen LogP contribution in [0.25, 0.3) is 0 Å². The predicted molar refractivity (Wildman–Crippen MR) is 66.6 cm³/mol. The Hall–Kier alpha value is -1.09. The van der Waals surface area contributed by atoms with Crippen LogP contribution in [-0.4, -0.2) is 18.6 Å². The molecule has 3 heteroatoms. The van der Waals surface area contributed by atoms with Gasteiger partial charge in [-0.1, -0.05) is 20.8 Å². The lowest BCUT2D eigenvalue weighted by molar-refractivity contribution is 0.240. The normalized spacial score (nSPS) is 11.5. The zero-order valence-electron chi connectivity index (χ0n) is 10.7. The summed E-state index contributed by atoms with van der Waals surface area (Å²) in [5, 5.41) is 3.12. The maximum atomic E-state index is 5.76. The summed E-state index contributed by atoms with van der Waals surface area (Å²) in [7, 11) is 1.93. The molecule has 1 aromatic rings. The van der Waals surface area contributed by atoms with Crippen LogP contribution in [0.5, 0.6) is 5.75 Å². The van der Waals surface area contributed by atoms with E-state index in [0.717, 1.165) is 30.9 Å². The average Bonchev–Trinajstić information content (AvgIpc) is 2.19. The molecule has 0 saturated heterocycles. The molecule has 0 radical (unpaired) electrons. The summed E-state index contributed by atoms with van der Waals surface area (Å²) in [6, 6.07) is 1.99. The van der Waals surface area contributed by atoms with Crippen LogP contribution in [0.2, 0.25) is 0 Å². The Labute approximate surface area is 98.2 Å². The van der Waals surface area contributed by atoms with Crippen LogP contribution >= 0.6 is 0 Å². The topological polar surface area (TPSA) is 34.2 Å². The molecular weight excluding hydrogens is 200 g/mol. The molecule has 1 rings (SSSR count). The van der Waals surface area contributed by atoms with E-state index in [-0.39, 0.29) is 0 Å². The number of hydrogen-bond donors (Lipinski definition) is 1. The van der Waals surface area contributed by atoms with E-state index < -0.39 is 0 Å². The van der Waals surface area contributed by atoms with E-state index in [1.165, 1.54) is 0 Å². The minimum Gasteiger partial charge on any atom is -0.492 e. The third-order valence-electron chi connectivity index (χ3n) is 2.35. The van der Waals surface area contributed by atoms with Crippen molar-refractivity contribution in [1.82, 2.24) is 10.3 Å². The van der Waals surface area contributed by atoms with E-state index >= 15 is 0 Å². The average molecular weight is 222 g/mol. The number of pyridine rings is 1. The zero-order chi connectivity index (χ0) is 12.0. The molecular formula is C13H22N2O. The van der Waals surface area contributed by atoms with Crippen LogP contribution in [0.1, 0.15) is 32.8 Å². The second-order valence-corrected chi connectivity index (χ2v) is 5.17. The minimum absolute atomic E-state index is 0.311. The van der Waals surface area contributed by atoms with Gasteiger partial charge in [0.25, 0.3) is 0 Å². The second kappa shape index (κ2) is 5.85. The molecule has 0 aliphatic heterocycles. The van der Waals surface area contributed by atoms with Crippen molar-refractivity contribution in [2.24, 2.45) is 5.41 Å². The van der Waals surface area contributed by atoms with E-state index in [0.29, 0.717) is 5.41 Å². The highest BCUT2D eigenvalue weighted by molar-refractivity contribution is 5.29. The van der Waals surface area contributed by atoms with Crippen molar-refractivity contribution in [2.75, 3.05) is 13.7 Å². The molecule has 0 aromatic carbocycles. The van der Waals surface area contributed by atoms with Crippen molar-refractivity contribution in [3.8, 4) is 5.75 Å². The summed E-state index contributed by atoms with van der Waals surface area (Å²) in [4.78, 5) is 4.09. The Morgan fingerprint density at radius 2 is 2.12 bits per heavy atom. The van der Waals surface area contributed by atoms with Gasteiger partial charge in [-0.05, 0) is 24.9 Å². The molecule has 0 amide bonds. The fraction of sp³-hybridized carbons (Fsp3) is 0.615. The second-order valence-electron chi connectivity index (χ2n) is 5.17. The molecule has 1 N–H and O–H groups in total. The number of nitrogens with one attached hydrogen (secondary N) is 1. The van der Waals surface area contributed by atoms with Crippen molar-refractivity contribution < 1.29 is 4.74 Å². The third kappa shape index (κ3) is 4.62. The van der Waals surface area contributed by atoms with Gasteiger partial charge >= 0.3 is 0 Å². The van der Waals surface area contributed by atoms with Crippen LogP contribution in [-0.2, 0) is 6.54 Å². The van der Waals surface area contributed by atoms with Gasteiger partial charge in [0.15, 0.2) is 0 Å². The quantitative estimate of drug-likeness (QED) is 0.831. The summed E-state index contributed by atoms with van der Waals surface area (Å²) in [5.41, 5.74) is 1.47.